The zero-order valence-corrected chi connectivity index (χ0v) is 4.80. The lowest BCUT2D eigenvalue weighted by molar-refractivity contribution is -0.131. The van der Waals surface area contributed by atoms with Crippen LogP contribution in [-0.2, 0) is 24.8 Å². The molecule has 8 heavy (non-hydrogen) atoms. The zero-order chi connectivity index (χ0) is 6.99. The van der Waals surface area contributed by atoms with E-state index in [4.69, 9.17) is 13.5 Å². The Balaban J connectivity index is 0. The maximum absolute atomic E-state index is 9.25. The summed E-state index contributed by atoms with van der Waals surface area (Å²) in [6.45, 7) is 2.96. The second-order valence-electron chi connectivity index (χ2n) is 0.617. The predicted molar refractivity (Wildman–Crippen MR) is 28.0 cm³/mol. The van der Waals surface area contributed by atoms with E-state index < -0.39 is 17.5 Å². The Kier molecular flexibility index (Phi) is 12.1. The van der Waals surface area contributed by atoms with Crippen molar-refractivity contribution in [3.8, 4) is 0 Å². The summed E-state index contributed by atoms with van der Waals surface area (Å²) in [5.41, 5.74) is 0. The second kappa shape index (κ2) is 9.48. The van der Waals surface area contributed by atoms with Crippen LogP contribution in [0.2, 0.25) is 0 Å². The van der Waals surface area contributed by atoms with E-state index in [-0.39, 0.29) is 0 Å². The number of carboxylic acids is 1. The summed E-state index contributed by atoms with van der Waals surface area (Å²) in [4.78, 5) is 9.25. The predicted octanol–water partition coefficient (Wildman–Crippen LogP) is -0.251. The highest BCUT2D eigenvalue weighted by Crippen LogP contribution is 1.54. The summed E-state index contributed by atoms with van der Waals surface area (Å²) < 4.78 is 16.7. The molecule has 0 aromatic rings. The van der Waals surface area contributed by atoms with Crippen LogP contribution in [0.15, 0.2) is 12.7 Å². The molecule has 0 unspecified atom stereocenters. The highest BCUT2D eigenvalue weighted by Gasteiger charge is 1.73. The molecule has 0 spiro atoms. The first-order valence-electron chi connectivity index (χ1n) is 1.49. The van der Waals surface area contributed by atoms with Crippen molar-refractivity contribution in [2.75, 3.05) is 0 Å². The molecule has 0 amide bonds. The van der Waals surface area contributed by atoms with Crippen LogP contribution in [-0.4, -0.2) is 11.1 Å². The average Bonchev–Trinajstić information content (AvgIpc) is 1.69. The third-order valence-electron chi connectivity index (χ3n) is 0.175. The molecule has 0 aliphatic carbocycles. The lowest BCUT2D eigenvalue weighted by atomic mass is 10.7. The summed E-state index contributed by atoms with van der Waals surface area (Å²) in [5, 5.41) is 7.60. The van der Waals surface area contributed by atoms with Gasteiger partial charge < -0.3 is 13.5 Å². The lowest BCUT2D eigenvalue weighted by Crippen LogP contribution is -1.82. The Morgan fingerprint density at radius 3 is 1.75 bits per heavy atom. The van der Waals surface area contributed by atoms with Crippen LogP contribution < -0.4 is 0 Å². The first-order valence-corrected chi connectivity index (χ1v) is 2.22. The van der Waals surface area contributed by atoms with Crippen molar-refractivity contribution < 1.29 is 18.3 Å². The van der Waals surface area contributed by atoms with E-state index in [2.05, 4.69) is 6.58 Å². The van der Waals surface area contributed by atoms with Crippen LogP contribution in [0.25, 0.3) is 0 Å². The number of thiol groups is 1. The number of carboxylic acid groups (broad SMARTS) is 1. The molecule has 0 rings (SSSR count). The molecule has 0 radical (unpaired) electrons. The normalized spacial score (nSPS) is 6.00. The molecule has 0 aliphatic heterocycles. The third kappa shape index (κ3) is 66.4. The third-order valence-corrected chi connectivity index (χ3v) is 0.175. The van der Waals surface area contributed by atoms with Gasteiger partial charge in [-0.25, -0.2) is 4.79 Å². The van der Waals surface area contributed by atoms with E-state index in [1.54, 1.807) is 0 Å². The molecule has 48 valence electrons. The van der Waals surface area contributed by atoms with Gasteiger partial charge in [-0.2, -0.15) is 0 Å². The fraction of sp³-hybridized carbons (Fsp3) is 0. The molecule has 0 fully saturated rings. The summed E-state index contributed by atoms with van der Waals surface area (Å²) >= 11 is -1.08. The van der Waals surface area contributed by atoms with Crippen molar-refractivity contribution in [1.29, 1.82) is 0 Å². The quantitative estimate of drug-likeness (QED) is 0.307. The molecule has 0 aromatic carbocycles. The van der Waals surface area contributed by atoms with Gasteiger partial charge in [-0.15, -0.1) is 0 Å². The minimum Gasteiger partial charge on any atom is -0.478 e. The van der Waals surface area contributed by atoms with Gasteiger partial charge in [0.05, 0.1) is 0 Å². The summed E-state index contributed by atoms with van der Waals surface area (Å²) in [7, 11) is 0. The van der Waals surface area contributed by atoms with Crippen molar-refractivity contribution >= 4 is 17.5 Å². The molecule has 0 aromatic heterocycles. The SMILES string of the molecule is C=CC(=O)O.O=[SH-]=O. The Morgan fingerprint density at radius 2 is 1.75 bits per heavy atom. The van der Waals surface area contributed by atoms with Crippen molar-refractivity contribution in [2.24, 2.45) is 0 Å². The monoisotopic (exact) mass is 137 g/mol. The minimum absolute atomic E-state index is 0.833. The van der Waals surface area contributed by atoms with Gasteiger partial charge in [-0.05, 0) is 0 Å². The largest absolute Gasteiger partial charge is 0.478 e. The molecule has 0 bridgehead atoms. The van der Waals surface area contributed by atoms with E-state index >= 15 is 0 Å². The fourth-order valence-corrected chi connectivity index (χ4v) is 0. The first kappa shape index (κ1) is 10.2. The van der Waals surface area contributed by atoms with Gasteiger partial charge in [0.1, 0.15) is 0 Å². The van der Waals surface area contributed by atoms with E-state index in [0.29, 0.717) is 0 Å². The number of rotatable bonds is 1. The maximum atomic E-state index is 9.25. The van der Waals surface area contributed by atoms with Crippen molar-refractivity contribution in [2.45, 2.75) is 0 Å². The van der Waals surface area contributed by atoms with Gasteiger partial charge in [0.25, 0.3) is 0 Å². The fourth-order valence-electron chi connectivity index (χ4n) is 0. The Morgan fingerprint density at radius 1 is 1.62 bits per heavy atom. The zero-order valence-electron chi connectivity index (χ0n) is 3.90. The number of aliphatic carboxylic acids is 1. The average molecular weight is 137 g/mol. The van der Waals surface area contributed by atoms with Gasteiger partial charge in [0.15, 0.2) is 0 Å². The number of hydrogen-bond acceptors (Lipinski definition) is 4. The summed E-state index contributed by atoms with van der Waals surface area (Å²) in [5.74, 6) is -0.981. The molecular formula is C3H5O4S-. The van der Waals surface area contributed by atoms with E-state index in [9.17, 15) is 4.79 Å². The molecule has 5 heteroatoms. The highest BCUT2D eigenvalue weighted by atomic mass is 32.1. The van der Waals surface area contributed by atoms with Crippen molar-refractivity contribution in [3.63, 3.8) is 0 Å². The first-order chi connectivity index (χ1) is 3.68. The molecular weight excluding hydrogens is 132 g/mol. The van der Waals surface area contributed by atoms with Crippen LogP contribution >= 0.6 is 0 Å². The minimum atomic E-state index is -1.08. The van der Waals surface area contributed by atoms with Crippen LogP contribution in [0.1, 0.15) is 0 Å². The molecule has 4 nitrogen and oxygen atoms in total. The molecule has 0 saturated carbocycles. The molecule has 0 heterocycles. The van der Waals surface area contributed by atoms with Gasteiger partial charge in [-0.1, -0.05) is 18.1 Å². The Hall–Kier alpha value is -0.840. The summed E-state index contributed by atoms with van der Waals surface area (Å²) in [6, 6.07) is 0. The van der Waals surface area contributed by atoms with Gasteiger partial charge in [-0.3, -0.25) is 0 Å². The van der Waals surface area contributed by atoms with Gasteiger partial charge >= 0.3 is 5.97 Å². The van der Waals surface area contributed by atoms with E-state index in [0.717, 1.165) is 6.08 Å². The maximum Gasteiger partial charge on any atom is 0.327 e. The Bertz CT molecular complexity index is 112. The second-order valence-corrected chi connectivity index (χ2v) is 0.766. The van der Waals surface area contributed by atoms with Crippen LogP contribution in [0, 0.1) is 0 Å². The van der Waals surface area contributed by atoms with Crippen LogP contribution in [0.5, 0.6) is 0 Å². The molecule has 0 saturated heterocycles. The van der Waals surface area contributed by atoms with Crippen molar-refractivity contribution in [1.82, 2.24) is 0 Å². The topological polar surface area (TPSA) is 71.4 Å². The standard InChI is InChI=1S/C3H4O2.HO2S/c1-2-3(4)5;1-3-2/h2H,1H2,(H,4,5);3H/q;-1. The van der Waals surface area contributed by atoms with Gasteiger partial charge in [0.2, 0.25) is 0 Å². The number of carbonyl (C=O) groups is 1. The van der Waals surface area contributed by atoms with Crippen molar-refractivity contribution in [3.05, 3.63) is 12.7 Å². The van der Waals surface area contributed by atoms with Gasteiger partial charge in [0, 0.05) is 6.08 Å². The highest BCUT2D eigenvalue weighted by molar-refractivity contribution is 7.51. The Labute approximate surface area is 49.4 Å². The summed E-state index contributed by atoms with van der Waals surface area (Å²) in [6.07, 6.45) is 0.833. The smallest absolute Gasteiger partial charge is 0.327 e. The molecule has 0 atom stereocenters. The van der Waals surface area contributed by atoms with Crippen LogP contribution in [0.4, 0.5) is 0 Å². The molecule has 0 aliphatic rings. The lowest BCUT2D eigenvalue weighted by Gasteiger charge is -1.64. The molecule has 1 N–H and O–H groups in total. The number of hydrogen-bond donors (Lipinski definition) is 1. The van der Waals surface area contributed by atoms with E-state index in [1.165, 1.54) is 0 Å². The van der Waals surface area contributed by atoms with E-state index in [1.807, 2.05) is 0 Å². The van der Waals surface area contributed by atoms with Crippen LogP contribution in [0.3, 0.4) is 0 Å².